The lowest BCUT2D eigenvalue weighted by atomic mass is 9.76. The van der Waals surface area contributed by atoms with Crippen molar-refractivity contribution < 1.29 is 9.84 Å². The second kappa shape index (κ2) is 4.08. The van der Waals surface area contributed by atoms with E-state index in [-0.39, 0.29) is 12.0 Å². The number of nitriles is 1. The lowest BCUT2D eigenvalue weighted by Crippen LogP contribution is -2.41. The van der Waals surface area contributed by atoms with Gasteiger partial charge in [0.05, 0.1) is 23.7 Å². The zero-order chi connectivity index (χ0) is 9.90. The smallest absolute Gasteiger partial charge is 0.0804 e. The third-order valence-corrected chi connectivity index (χ3v) is 3.13. The van der Waals surface area contributed by atoms with Gasteiger partial charge in [-0.25, -0.2) is 0 Å². The first-order chi connectivity index (χ1) is 6.12. The summed E-state index contributed by atoms with van der Waals surface area (Å²) in [6.07, 6.45) is 3.35. The minimum atomic E-state index is -0.774. The fraction of sp³-hybridized carbons (Fsp3) is 0.900. The molecule has 0 bridgehead atoms. The summed E-state index contributed by atoms with van der Waals surface area (Å²) in [7, 11) is 1.70. The highest BCUT2D eigenvalue weighted by Crippen LogP contribution is 2.34. The fourth-order valence-corrected chi connectivity index (χ4v) is 1.88. The van der Waals surface area contributed by atoms with Crippen LogP contribution in [-0.2, 0) is 4.74 Å². The van der Waals surface area contributed by atoms with Gasteiger partial charge >= 0.3 is 0 Å². The van der Waals surface area contributed by atoms with Gasteiger partial charge in [-0.05, 0) is 32.6 Å². The molecule has 0 saturated heterocycles. The molecule has 1 atom stereocenters. The van der Waals surface area contributed by atoms with Gasteiger partial charge in [-0.2, -0.15) is 5.26 Å². The molecule has 1 aliphatic carbocycles. The van der Waals surface area contributed by atoms with Crippen LogP contribution in [0.15, 0.2) is 0 Å². The molecular weight excluding hydrogens is 166 g/mol. The van der Waals surface area contributed by atoms with Gasteiger partial charge in [0.1, 0.15) is 0 Å². The highest BCUT2D eigenvalue weighted by Gasteiger charge is 2.38. The largest absolute Gasteiger partial charge is 0.389 e. The first kappa shape index (κ1) is 10.5. The van der Waals surface area contributed by atoms with Crippen LogP contribution in [0.4, 0.5) is 0 Å². The second-order valence-corrected chi connectivity index (χ2v) is 3.89. The predicted molar refractivity (Wildman–Crippen MR) is 49.0 cm³/mol. The maximum atomic E-state index is 10.1. The SMILES string of the molecule is COC1CCC(O)(C(C)C#N)CC1. The molecule has 0 amide bonds. The number of ether oxygens (including phenoxy) is 1. The van der Waals surface area contributed by atoms with E-state index >= 15 is 0 Å². The van der Waals surface area contributed by atoms with Crippen molar-refractivity contribution in [2.45, 2.75) is 44.3 Å². The first-order valence-corrected chi connectivity index (χ1v) is 4.77. The fourth-order valence-electron chi connectivity index (χ4n) is 1.88. The molecule has 13 heavy (non-hydrogen) atoms. The number of methoxy groups -OCH3 is 1. The summed E-state index contributed by atoms with van der Waals surface area (Å²) in [4.78, 5) is 0. The molecule has 1 rings (SSSR count). The van der Waals surface area contributed by atoms with Crippen molar-refractivity contribution in [3.63, 3.8) is 0 Å². The van der Waals surface area contributed by atoms with Crippen molar-refractivity contribution in [2.24, 2.45) is 5.92 Å². The van der Waals surface area contributed by atoms with E-state index in [0.717, 1.165) is 12.8 Å². The maximum Gasteiger partial charge on any atom is 0.0804 e. The molecule has 0 heterocycles. The Kier molecular flexibility index (Phi) is 3.29. The standard InChI is InChI=1S/C10H17NO2/c1-8(7-11)10(12)5-3-9(13-2)4-6-10/h8-9,12H,3-6H2,1-2H3. The quantitative estimate of drug-likeness (QED) is 0.705. The van der Waals surface area contributed by atoms with Crippen molar-refractivity contribution in [3.8, 4) is 6.07 Å². The summed E-state index contributed by atoms with van der Waals surface area (Å²) in [5, 5.41) is 18.8. The molecule has 1 aliphatic rings. The lowest BCUT2D eigenvalue weighted by molar-refractivity contribution is -0.0629. The molecule has 3 heteroatoms. The zero-order valence-electron chi connectivity index (χ0n) is 8.29. The van der Waals surface area contributed by atoms with Crippen molar-refractivity contribution in [2.75, 3.05) is 7.11 Å². The molecule has 1 unspecified atom stereocenters. The van der Waals surface area contributed by atoms with Crippen LogP contribution in [0.25, 0.3) is 0 Å². The Balaban J connectivity index is 2.52. The van der Waals surface area contributed by atoms with E-state index in [1.54, 1.807) is 14.0 Å². The molecule has 1 saturated carbocycles. The molecule has 0 spiro atoms. The van der Waals surface area contributed by atoms with Crippen LogP contribution in [0.5, 0.6) is 0 Å². The summed E-state index contributed by atoms with van der Waals surface area (Å²) in [5.74, 6) is -0.273. The summed E-state index contributed by atoms with van der Waals surface area (Å²) in [5.41, 5.74) is -0.774. The summed E-state index contributed by atoms with van der Waals surface area (Å²) in [6.45, 7) is 1.78. The van der Waals surface area contributed by atoms with Crippen LogP contribution in [0.1, 0.15) is 32.6 Å². The topological polar surface area (TPSA) is 53.2 Å². The second-order valence-electron chi connectivity index (χ2n) is 3.89. The van der Waals surface area contributed by atoms with Crippen molar-refractivity contribution >= 4 is 0 Å². The van der Waals surface area contributed by atoms with Crippen molar-refractivity contribution in [1.82, 2.24) is 0 Å². The van der Waals surface area contributed by atoms with Gasteiger partial charge < -0.3 is 9.84 Å². The Morgan fingerprint density at radius 2 is 2.08 bits per heavy atom. The molecule has 0 aromatic heterocycles. The van der Waals surface area contributed by atoms with E-state index in [2.05, 4.69) is 6.07 Å². The molecule has 0 radical (unpaired) electrons. The third kappa shape index (κ3) is 2.20. The highest BCUT2D eigenvalue weighted by atomic mass is 16.5. The van der Waals surface area contributed by atoms with E-state index in [0.29, 0.717) is 12.8 Å². The normalized spacial score (nSPS) is 36.6. The van der Waals surface area contributed by atoms with Crippen LogP contribution in [0.3, 0.4) is 0 Å². The van der Waals surface area contributed by atoms with Gasteiger partial charge in [-0.1, -0.05) is 0 Å². The van der Waals surface area contributed by atoms with Crippen LogP contribution in [0.2, 0.25) is 0 Å². The van der Waals surface area contributed by atoms with E-state index in [1.807, 2.05) is 0 Å². The Bertz CT molecular complexity index is 201. The first-order valence-electron chi connectivity index (χ1n) is 4.77. The van der Waals surface area contributed by atoms with E-state index in [4.69, 9.17) is 10.00 Å². The average Bonchev–Trinajstić information content (AvgIpc) is 2.18. The molecule has 0 aliphatic heterocycles. The molecular formula is C10H17NO2. The van der Waals surface area contributed by atoms with Crippen LogP contribution < -0.4 is 0 Å². The molecule has 3 nitrogen and oxygen atoms in total. The molecule has 74 valence electrons. The van der Waals surface area contributed by atoms with Gasteiger partial charge in [-0.15, -0.1) is 0 Å². The van der Waals surface area contributed by atoms with E-state index < -0.39 is 5.60 Å². The van der Waals surface area contributed by atoms with E-state index in [1.165, 1.54) is 0 Å². The number of hydrogen-bond acceptors (Lipinski definition) is 3. The summed E-state index contributed by atoms with van der Waals surface area (Å²) in [6, 6.07) is 2.12. The minimum Gasteiger partial charge on any atom is -0.389 e. The van der Waals surface area contributed by atoms with Gasteiger partial charge in [0.25, 0.3) is 0 Å². The number of aliphatic hydroxyl groups is 1. The Morgan fingerprint density at radius 1 is 1.54 bits per heavy atom. The number of nitrogens with zero attached hydrogens (tertiary/aromatic N) is 1. The van der Waals surface area contributed by atoms with Gasteiger partial charge in [0.2, 0.25) is 0 Å². The highest BCUT2D eigenvalue weighted by molar-refractivity contribution is 4.98. The van der Waals surface area contributed by atoms with E-state index in [9.17, 15) is 5.11 Å². The molecule has 1 N–H and O–H groups in total. The Hall–Kier alpha value is -0.590. The summed E-state index contributed by atoms with van der Waals surface area (Å²) >= 11 is 0. The Morgan fingerprint density at radius 3 is 2.46 bits per heavy atom. The van der Waals surface area contributed by atoms with Gasteiger partial charge in [-0.3, -0.25) is 0 Å². The predicted octanol–water partition coefficient (Wildman–Crippen LogP) is 1.47. The molecule has 0 aromatic rings. The number of hydrogen-bond donors (Lipinski definition) is 1. The summed E-state index contributed by atoms with van der Waals surface area (Å²) < 4.78 is 5.20. The van der Waals surface area contributed by atoms with Crippen molar-refractivity contribution in [1.29, 1.82) is 5.26 Å². The minimum absolute atomic E-state index is 0.270. The van der Waals surface area contributed by atoms with Crippen LogP contribution >= 0.6 is 0 Å². The van der Waals surface area contributed by atoms with Crippen molar-refractivity contribution in [3.05, 3.63) is 0 Å². The lowest BCUT2D eigenvalue weighted by Gasteiger charge is -2.37. The zero-order valence-corrected chi connectivity index (χ0v) is 8.29. The Labute approximate surface area is 79.3 Å². The van der Waals surface area contributed by atoms with Gasteiger partial charge in [0.15, 0.2) is 0 Å². The monoisotopic (exact) mass is 183 g/mol. The van der Waals surface area contributed by atoms with Gasteiger partial charge in [0, 0.05) is 7.11 Å². The third-order valence-electron chi connectivity index (χ3n) is 3.13. The maximum absolute atomic E-state index is 10.1. The molecule has 1 fully saturated rings. The van der Waals surface area contributed by atoms with Crippen LogP contribution in [0, 0.1) is 17.2 Å². The molecule has 0 aromatic carbocycles. The number of rotatable bonds is 2. The average molecular weight is 183 g/mol. The van der Waals surface area contributed by atoms with Crippen LogP contribution in [-0.4, -0.2) is 23.9 Å².